The van der Waals surface area contributed by atoms with Gasteiger partial charge in [-0.2, -0.15) is 13.2 Å². The summed E-state index contributed by atoms with van der Waals surface area (Å²) in [6, 6.07) is 12.0. The van der Waals surface area contributed by atoms with E-state index in [4.69, 9.17) is 9.47 Å². The average Bonchev–Trinajstić information content (AvgIpc) is 2.71. The molecule has 160 valence electrons. The fraction of sp³-hybridized carbons (Fsp3) is 0.318. The molecule has 0 unspecified atom stereocenters. The Morgan fingerprint density at radius 2 is 1.87 bits per heavy atom. The first kappa shape index (κ1) is 23.1. The first-order valence-electron chi connectivity index (χ1n) is 9.17. The molecule has 2 rings (SSSR count). The standard InChI is InChI=1S/C22H23F3N2O3/c1-27(13-14-30-20-11-4-3-10-19(20)29-2)16-21(28)26-12-6-8-17-7-5-9-18(15-17)22(23,24)25/h3-5,7,9-11,15H,12-14,16H2,1-2H3,(H,26,28). The molecule has 0 bridgehead atoms. The fourth-order valence-corrected chi connectivity index (χ4v) is 2.49. The van der Waals surface area contributed by atoms with Gasteiger partial charge in [-0.25, -0.2) is 0 Å². The summed E-state index contributed by atoms with van der Waals surface area (Å²) in [6.07, 6.45) is -4.41. The van der Waals surface area contributed by atoms with E-state index < -0.39 is 11.7 Å². The van der Waals surface area contributed by atoms with Crippen molar-refractivity contribution < 1.29 is 27.4 Å². The van der Waals surface area contributed by atoms with Gasteiger partial charge in [-0.05, 0) is 37.4 Å². The molecule has 0 saturated heterocycles. The van der Waals surface area contributed by atoms with Crippen LogP contribution in [0.3, 0.4) is 0 Å². The first-order valence-corrected chi connectivity index (χ1v) is 9.17. The zero-order valence-electron chi connectivity index (χ0n) is 16.8. The van der Waals surface area contributed by atoms with E-state index in [1.165, 1.54) is 12.1 Å². The molecule has 0 aromatic heterocycles. The zero-order valence-corrected chi connectivity index (χ0v) is 16.8. The SMILES string of the molecule is COc1ccccc1OCCN(C)CC(=O)NCC#Cc1cccc(C(F)(F)F)c1. The Morgan fingerprint density at radius 3 is 2.57 bits per heavy atom. The average molecular weight is 420 g/mol. The van der Waals surface area contributed by atoms with Gasteiger partial charge >= 0.3 is 6.18 Å². The molecular weight excluding hydrogens is 397 g/mol. The molecule has 0 spiro atoms. The van der Waals surface area contributed by atoms with Crippen LogP contribution in [0, 0.1) is 11.8 Å². The third-order valence-electron chi connectivity index (χ3n) is 4.01. The Labute approximate surface area is 173 Å². The molecule has 8 heteroatoms. The third kappa shape index (κ3) is 7.68. The minimum atomic E-state index is -4.41. The number of alkyl halides is 3. The Hall–Kier alpha value is -3.18. The Morgan fingerprint density at radius 1 is 1.13 bits per heavy atom. The molecule has 30 heavy (non-hydrogen) atoms. The smallest absolute Gasteiger partial charge is 0.416 e. The molecule has 5 nitrogen and oxygen atoms in total. The van der Waals surface area contributed by atoms with Crippen molar-refractivity contribution in [1.82, 2.24) is 10.2 Å². The molecular formula is C22H23F3N2O3. The van der Waals surface area contributed by atoms with Crippen LogP contribution in [0.2, 0.25) is 0 Å². The van der Waals surface area contributed by atoms with Crippen LogP contribution in [0.5, 0.6) is 11.5 Å². The summed E-state index contributed by atoms with van der Waals surface area (Å²) in [4.78, 5) is 13.7. The second kappa shape index (κ2) is 11.1. The van der Waals surface area contributed by atoms with Gasteiger partial charge in [0, 0.05) is 12.1 Å². The first-order chi connectivity index (χ1) is 14.3. The van der Waals surface area contributed by atoms with Gasteiger partial charge in [0.25, 0.3) is 0 Å². The van der Waals surface area contributed by atoms with E-state index in [9.17, 15) is 18.0 Å². The molecule has 1 N–H and O–H groups in total. The van der Waals surface area contributed by atoms with E-state index in [1.54, 1.807) is 31.2 Å². The van der Waals surface area contributed by atoms with Crippen LogP contribution >= 0.6 is 0 Å². The van der Waals surface area contributed by atoms with Crippen molar-refractivity contribution in [2.45, 2.75) is 6.18 Å². The van der Waals surface area contributed by atoms with Crippen molar-refractivity contribution in [3.05, 3.63) is 59.7 Å². The molecule has 0 atom stereocenters. The van der Waals surface area contributed by atoms with E-state index in [1.807, 2.05) is 12.1 Å². The fourth-order valence-electron chi connectivity index (χ4n) is 2.49. The number of hydrogen-bond donors (Lipinski definition) is 1. The third-order valence-corrected chi connectivity index (χ3v) is 4.01. The highest BCUT2D eigenvalue weighted by Gasteiger charge is 2.30. The lowest BCUT2D eigenvalue weighted by Crippen LogP contribution is -2.37. The van der Waals surface area contributed by atoms with Crippen molar-refractivity contribution in [3.8, 4) is 23.3 Å². The van der Waals surface area contributed by atoms with Gasteiger partial charge in [-0.15, -0.1) is 0 Å². The number of methoxy groups -OCH3 is 1. The monoisotopic (exact) mass is 420 g/mol. The minimum Gasteiger partial charge on any atom is -0.493 e. The quantitative estimate of drug-likeness (QED) is 0.667. The number of likely N-dealkylation sites (N-methyl/N-ethyl adjacent to an activating group) is 1. The maximum Gasteiger partial charge on any atom is 0.416 e. The molecule has 2 aromatic carbocycles. The van der Waals surface area contributed by atoms with Gasteiger partial charge in [-0.1, -0.05) is 30.0 Å². The van der Waals surface area contributed by atoms with Crippen molar-refractivity contribution in [2.75, 3.05) is 40.4 Å². The maximum atomic E-state index is 12.7. The van der Waals surface area contributed by atoms with Gasteiger partial charge in [0.1, 0.15) is 6.61 Å². The number of rotatable bonds is 8. The second-order valence-corrected chi connectivity index (χ2v) is 6.39. The molecule has 1 amide bonds. The predicted octanol–water partition coefficient (Wildman–Crippen LogP) is 3.19. The van der Waals surface area contributed by atoms with Crippen LogP contribution in [0.1, 0.15) is 11.1 Å². The molecule has 2 aromatic rings. The van der Waals surface area contributed by atoms with Gasteiger partial charge in [0.2, 0.25) is 5.91 Å². The molecule has 0 aliphatic carbocycles. The van der Waals surface area contributed by atoms with Crippen LogP contribution in [0.15, 0.2) is 48.5 Å². The number of ether oxygens (including phenoxy) is 2. The van der Waals surface area contributed by atoms with Crippen LogP contribution < -0.4 is 14.8 Å². The van der Waals surface area contributed by atoms with E-state index >= 15 is 0 Å². The summed E-state index contributed by atoms with van der Waals surface area (Å²) in [5.74, 6) is 6.30. The minimum absolute atomic E-state index is 0.0423. The predicted molar refractivity (Wildman–Crippen MR) is 107 cm³/mol. The number of nitrogens with zero attached hydrogens (tertiary/aromatic N) is 1. The summed E-state index contributed by atoms with van der Waals surface area (Å²) in [5.41, 5.74) is -0.514. The molecule has 0 heterocycles. The lowest BCUT2D eigenvalue weighted by Gasteiger charge is -2.17. The molecule has 0 aliphatic heterocycles. The highest BCUT2D eigenvalue weighted by Crippen LogP contribution is 2.29. The van der Waals surface area contributed by atoms with Crippen LogP contribution in [0.4, 0.5) is 13.2 Å². The number of halogens is 3. The van der Waals surface area contributed by atoms with Crippen molar-refractivity contribution >= 4 is 5.91 Å². The van der Waals surface area contributed by atoms with Crippen LogP contribution in [0.25, 0.3) is 0 Å². The number of amides is 1. The highest BCUT2D eigenvalue weighted by atomic mass is 19.4. The number of para-hydroxylation sites is 2. The molecule has 0 radical (unpaired) electrons. The Kier molecular flexibility index (Phi) is 8.56. The zero-order chi connectivity index (χ0) is 22.0. The normalized spacial score (nSPS) is 10.9. The van der Waals surface area contributed by atoms with E-state index in [2.05, 4.69) is 17.2 Å². The van der Waals surface area contributed by atoms with Crippen LogP contribution in [-0.2, 0) is 11.0 Å². The van der Waals surface area contributed by atoms with E-state index in [0.29, 0.717) is 24.7 Å². The topological polar surface area (TPSA) is 50.8 Å². The molecule has 0 fully saturated rings. The summed E-state index contributed by atoms with van der Waals surface area (Å²) >= 11 is 0. The summed E-state index contributed by atoms with van der Waals surface area (Å²) < 4.78 is 48.9. The highest BCUT2D eigenvalue weighted by molar-refractivity contribution is 5.78. The van der Waals surface area contributed by atoms with Crippen molar-refractivity contribution in [2.24, 2.45) is 0 Å². The number of hydrogen-bond acceptors (Lipinski definition) is 4. The maximum absolute atomic E-state index is 12.7. The van der Waals surface area contributed by atoms with Crippen molar-refractivity contribution in [1.29, 1.82) is 0 Å². The van der Waals surface area contributed by atoms with Gasteiger partial charge in [0.15, 0.2) is 11.5 Å². The lowest BCUT2D eigenvalue weighted by atomic mass is 10.1. The summed E-state index contributed by atoms with van der Waals surface area (Å²) in [6.45, 7) is 1.07. The largest absolute Gasteiger partial charge is 0.493 e. The van der Waals surface area contributed by atoms with E-state index in [-0.39, 0.29) is 24.6 Å². The lowest BCUT2D eigenvalue weighted by molar-refractivity contribution is -0.137. The van der Waals surface area contributed by atoms with Gasteiger partial charge in [0.05, 0.1) is 25.8 Å². The molecule has 0 saturated carbocycles. The van der Waals surface area contributed by atoms with Crippen LogP contribution in [-0.4, -0.2) is 51.2 Å². The van der Waals surface area contributed by atoms with Gasteiger partial charge < -0.3 is 14.8 Å². The van der Waals surface area contributed by atoms with Crippen molar-refractivity contribution in [3.63, 3.8) is 0 Å². The number of carbonyl (C=O) groups is 1. The number of benzene rings is 2. The summed E-state index contributed by atoms with van der Waals surface area (Å²) in [5, 5.41) is 2.62. The number of nitrogens with one attached hydrogen (secondary N) is 1. The molecule has 0 aliphatic rings. The van der Waals surface area contributed by atoms with Gasteiger partial charge in [-0.3, -0.25) is 9.69 Å². The van der Waals surface area contributed by atoms with E-state index in [0.717, 1.165) is 12.1 Å². The summed E-state index contributed by atoms with van der Waals surface area (Å²) in [7, 11) is 3.34. The Balaban J connectivity index is 1.72. The Bertz CT molecular complexity index is 904. The second-order valence-electron chi connectivity index (χ2n) is 6.39. The number of carbonyl (C=O) groups excluding carboxylic acids is 1.